The fourth-order valence-corrected chi connectivity index (χ4v) is 3.11. The van der Waals surface area contributed by atoms with Crippen LogP contribution < -0.4 is 5.32 Å². The minimum absolute atomic E-state index is 0.270. The van der Waals surface area contributed by atoms with E-state index in [0.29, 0.717) is 25.9 Å². The van der Waals surface area contributed by atoms with Crippen molar-refractivity contribution >= 4 is 17.6 Å². The van der Waals surface area contributed by atoms with Gasteiger partial charge in [0.15, 0.2) is 0 Å². The molecule has 3 rings (SSSR count). The number of fused-ring (bicyclic) bond motifs is 1. The standard InChI is InChI=1S/C18H24FN3O3/c1-18(2,3)25-17(24)21-14-10-22(7-6-15(14)23)16-9-11-8-12(19)4-5-13(11)20-16/h4-5,8,14-15,23H,6-7,9-10H2,1-3H3,(H,21,24)/t14-,15+/m1/s1. The predicted octanol–water partition coefficient (Wildman–Crippen LogP) is 2.37. The second-order valence-electron chi connectivity index (χ2n) is 7.53. The summed E-state index contributed by atoms with van der Waals surface area (Å²) in [5, 5.41) is 12.9. The third kappa shape index (κ3) is 4.28. The SMILES string of the molecule is CC(C)(C)OC(=O)N[C@@H]1CN(C2=Nc3ccc(F)cc3C2)CC[C@@H]1O. The molecule has 1 fully saturated rings. The lowest BCUT2D eigenvalue weighted by Gasteiger charge is -2.37. The number of nitrogens with zero attached hydrogens (tertiary/aromatic N) is 2. The largest absolute Gasteiger partial charge is 0.444 e. The Hall–Kier alpha value is -2.15. The van der Waals surface area contributed by atoms with Crippen LogP contribution >= 0.6 is 0 Å². The lowest BCUT2D eigenvalue weighted by molar-refractivity contribution is 0.0312. The number of carbonyl (C=O) groups is 1. The number of hydrogen-bond acceptors (Lipinski definition) is 5. The van der Waals surface area contributed by atoms with Gasteiger partial charge in [0.05, 0.1) is 17.8 Å². The Kier molecular flexibility index (Phi) is 4.69. The molecule has 2 atom stereocenters. The van der Waals surface area contributed by atoms with E-state index in [9.17, 15) is 14.3 Å². The van der Waals surface area contributed by atoms with Gasteiger partial charge in [0.25, 0.3) is 0 Å². The average molecular weight is 349 g/mol. The molecule has 0 spiro atoms. The number of rotatable bonds is 1. The Bertz CT molecular complexity index is 699. The third-order valence-corrected chi connectivity index (χ3v) is 4.28. The number of halogens is 1. The highest BCUT2D eigenvalue weighted by molar-refractivity contribution is 5.92. The Morgan fingerprint density at radius 2 is 2.20 bits per heavy atom. The molecule has 0 aromatic heterocycles. The molecule has 1 aromatic rings. The number of aliphatic hydroxyl groups is 1. The zero-order valence-corrected chi connectivity index (χ0v) is 14.8. The first kappa shape index (κ1) is 17.7. The van der Waals surface area contributed by atoms with Gasteiger partial charge in [0, 0.05) is 19.5 Å². The number of alkyl carbamates (subject to hydrolysis) is 1. The van der Waals surface area contributed by atoms with Crippen molar-refractivity contribution in [3.8, 4) is 0 Å². The van der Waals surface area contributed by atoms with Crippen molar-refractivity contribution in [2.24, 2.45) is 4.99 Å². The summed E-state index contributed by atoms with van der Waals surface area (Å²) in [5.41, 5.74) is 1.04. The van der Waals surface area contributed by atoms with Gasteiger partial charge in [-0.25, -0.2) is 14.2 Å². The smallest absolute Gasteiger partial charge is 0.408 e. The minimum atomic E-state index is -0.634. The molecule has 1 amide bonds. The third-order valence-electron chi connectivity index (χ3n) is 4.28. The monoisotopic (exact) mass is 349 g/mol. The summed E-state index contributed by atoms with van der Waals surface area (Å²) in [6.07, 6.45) is -0.102. The molecule has 7 heteroatoms. The summed E-state index contributed by atoms with van der Waals surface area (Å²) >= 11 is 0. The van der Waals surface area contributed by atoms with E-state index in [1.807, 2.05) is 4.90 Å². The summed E-state index contributed by atoms with van der Waals surface area (Å²) < 4.78 is 18.6. The number of amides is 1. The van der Waals surface area contributed by atoms with Gasteiger partial charge in [-0.05, 0) is 51.0 Å². The van der Waals surface area contributed by atoms with Crippen molar-refractivity contribution in [3.05, 3.63) is 29.6 Å². The van der Waals surface area contributed by atoms with Crippen molar-refractivity contribution < 1.29 is 19.0 Å². The van der Waals surface area contributed by atoms with E-state index in [1.54, 1.807) is 26.8 Å². The lowest BCUT2D eigenvalue weighted by atomic mass is 10.0. The molecule has 136 valence electrons. The molecule has 2 aliphatic heterocycles. The fourth-order valence-electron chi connectivity index (χ4n) is 3.11. The van der Waals surface area contributed by atoms with Gasteiger partial charge >= 0.3 is 6.09 Å². The van der Waals surface area contributed by atoms with Gasteiger partial charge < -0.3 is 20.1 Å². The molecule has 6 nitrogen and oxygen atoms in total. The van der Waals surface area contributed by atoms with E-state index in [0.717, 1.165) is 17.1 Å². The molecule has 2 N–H and O–H groups in total. The molecule has 0 saturated carbocycles. The lowest BCUT2D eigenvalue weighted by Crippen LogP contribution is -2.57. The van der Waals surface area contributed by atoms with Crippen LogP contribution in [0.15, 0.2) is 23.2 Å². The van der Waals surface area contributed by atoms with Crippen LogP contribution in [0, 0.1) is 5.82 Å². The quantitative estimate of drug-likeness (QED) is 0.816. The summed E-state index contributed by atoms with van der Waals surface area (Å²) in [6.45, 7) is 6.46. The van der Waals surface area contributed by atoms with Crippen LogP contribution in [0.3, 0.4) is 0 Å². The Balaban J connectivity index is 1.64. The van der Waals surface area contributed by atoms with Crippen molar-refractivity contribution in [1.29, 1.82) is 0 Å². The molecule has 2 aliphatic rings. The molecule has 0 radical (unpaired) electrons. The van der Waals surface area contributed by atoms with Crippen LogP contribution in [0.5, 0.6) is 0 Å². The number of hydrogen-bond donors (Lipinski definition) is 2. The molecule has 2 heterocycles. The molecule has 1 saturated heterocycles. The zero-order valence-electron chi connectivity index (χ0n) is 14.8. The van der Waals surface area contributed by atoms with Gasteiger partial charge in [-0.15, -0.1) is 0 Å². The maximum Gasteiger partial charge on any atom is 0.408 e. The number of nitrogens with one attached hydrogen (secondary N) is 1. The van der Waals surface area contributed by atoms with Gasteiger partial charge in [-0.1, -0.05) is 0 Å². The second-order valence-corrected chi connectivity index (χ2v) is 7.53. The Morgan fingerprint density at radius 3 is 2.92 bits per heavy atom. The van der Waals surface area contributed by atoms with Crippen LogP contribution in [0.2, 0.25) is 0 Å². The molecular weight excluding hydrogens is 325 g/mol. The molecular formula is C18H24FN3O3. The van der Waals surface area contributed by atoms with Crippen LogP contribution in [-0.2, 0) is 11.2 Å². The first-order valence-electron chi connectivity index (χ1n) is 8.50. The fraction of sp³-hybridized carbons (Fsp3) is 0.556. The summed E-state index contributed by atoms with van der Waals surface area (Å²) in [4.78, 5) is 18.6. The highest BCUT2D eigenvalue weighted by Gasteiger charge is 2.33. The van der Waals surface area contributed by atoms with Crippen molar-refractivity contribution in [2.75, 3.05) is 13.1 Å². The van der Waals surface area contributed by atoms with Crippen LogP contribution in [-0.4, -0.2) is 52.8 Å². The first-order chi connectivity index (χ1) is 11.7. The van der Waals surface area contributed by atoms with Crippen molar-refractivity contribution in [3.63, 3.8) is 0 Å². The molecule has 25 heavy (non-hydrogen) atoms. The number of amidine groups is 1. The second kappa shape index (κ2) is 6.63. The Morgan fingerprint density at radius 1 is 1.44 bits per heavy atom. The van der Waals surface area contributed by atoms with E-state index < -0.39 is 23.8 Å². The van der Waals surface area contributed by atoms with E-state index in [1.165, 1.54) is 12.1 Å². The first-order valence-corrected chi connectivity index (χ1v) is 8.50. The highest BCUT2D eigenvalue weighted by atomic mass is 19.1. The average Bonchev–Trinajstić information content (AvgIpc) is 2.90. The number of likely N-dealkylation sites (tertiary alicyclic amines) is 1. The summed E-state index contributed by atoms with van der Waals surface area (Å²) in [5.74, 6) is 0.567. The van der Waals surface area contributed by atoms with Crippen molar-refractivity contribution in [1.82, 2.24) is 10.2 Å². The number of aliphatic imine (C=N–C) groups is 1. The van der Waals surface area contributed by atoms with Crippen LogP contribution in [0.25, 0.3) is 0 Å². The topological polar surface area (TPSA) is 74.2 Å². The van der Waals surface area contributed by atoms with E-state index in [4.69, 9.17) is 4.74 Å². The Labute approximate surface area is 146 Å². The number of aliphatic hydroxyl groups excluding tert-OH is 1. The van der Waals surface area contributed by atoms with Gasteiger partial charge in [-0.3, -0.25) is 0 Å². The van der Waals surface area contributed by atoms with Crippen molar-refractivity contribution in [2.45, 2.75) is 51.4 Å². The van der Waals surface area contributed by atoms with Gasteiger partial charge in [0.1, 0.15) is 17.3 Å². The molecule has 1 aromatic carbocycles. The highest BCUT2D eigenvalue weighted by Crippen LogP contribution is 2.29. The predicted molar refractivity (Wildman–Crippen MR) is 92.6 cm³/mol. The van der Waals surface area contributed by atoms with Gasteiger partial charge in [0.2, 0.25) is 0 Å². The van der Waals surface area contributed by atoms with E-state index >= 15 is 0 Å². The van der Waals surface area contributed by atoms with E-state index in [-0.39, 0.29) is 5.82 Å². The maximum atomic E-state index is 13.4. The van der Waals surface area contributed by atoms with Gasteiger partial charge in [-0.2, -0.15) is 0 Å². The number of piperidine rings is 1. The molecule has 0 aliphatic carbocycles. The number of benzene rings is 1. The maximum absolute atomic E-state index is 13.4. The zero-order chi connectivity index (χ0) is 18.2. The molecule has 0 unspecified atom stereocenters. The number of carbonyl (C=O) groups excluding carboxylic acids is 1. The summed E-state index contributed by atoms with van der Waals surface area (Å²) in [6, 6.07) is 4.14. The van der Waals surface area contributed by atoms with Crippen LogP contribution in [0.4, 0.5) is 14.9 Å². The number of ether oxygens (including phenoxy) is 1. The van der Waals surface area contributed by atoms with Crippen LogP contribution in [0.1, 0.15) is 32.8 Å². The minimum Gasteiger partial charge on any atom is -0.444 e. The van der Waals surface area contributed by atoms with E-state index in [2.05, 4.69) is 10.3 Å². The summed E-state index contributed by atoms with van der Waals surface area (Å²) in [7, 11) is 0. The molecule has 0 bridgehead atoms. The normalized spacial score (nSPS) is 23.1.